The van der Waals surface area contributed by atoms with Crippen molar-refractivity contribution in [2.24, 2.45) is 0 Å². The smallest absolute Gasteiger partial charge is 0.146 e. The monoisotopic (exact) mass is 239 g/mol. The summed E-state index contributed by atoms with van der Waals surface area (Å²) in [6, 6.07) is 5.24. The van der Waals surface area contributed by atoms with E-state index in [1.54, 1.807) is 13.2 Å². The molecule has 0 bridgehead atoms. The summed E-state index contributed by atoms with van der Waals surface area (Å²) >= 11 is 0. The van der Waals surface area contributed by atoms with Gasteiger partial charge in [0.2, 0.25) is 0 Å². The van der Waals surface area contributed by atoms with E-state index in [1.165, 1.54) is 6.07 Å². The molecule has 1 aromatic rings. The maximum absolute atomic E-state index is 13.6. The van der Waals surface area contributed by atoms with Gasteiger partial charge in [-0.15, -0.1) is 0 Å². The van der Waals surface area contributed by atoms with Crippen molar-refractivity contribution in [3.63, 3.8) is 0 Å². The number of methoxy groups -OCH3 is 1. The molecule has 1 rings (SSSR count). The van der Waals surface area contributed by atoms with E-state index in [4.69, 9.17) is 4.74 Å². The Morgan fingerprint density at radius 2 is 2.06 bits per heavy atom. The number of benzene rings is 1. The van der Waals surface area contributed by atoms with Crippen LogP contribution in [0.3, 0.4) is 0 Å². The largest absolute Gasteiger partial charge is 0.380 e. The Hall–Kier alpha value is -1.09. The predicted molar refractivity (Wildman–Crippen MR) is 69.9 cm³/mol. The molecule has 1 N–H and O–H groups in total. The van der Waals surface area contributed by atoms with Gasteiger partial charge >= 0.3 is 0 Å². The molecule has 17 heavy (non-hydrogen) atoms. The Morgan fingerprint density at radius 1 is 1.41 bits per heavy atom. The molecule has 0 aliphatic heterocycles. The van der Waals surface area contributed by atoms with E-state index in [0.717, 1.165) is 12.0 Å². The van der Waals surface area contributed by atoms with Gasteiger partial charge in [0.1, 0.15) is 5.82 Å². The first-order valence-corrected chi connectivity index (χ1v) is 5.92. The summed E-state index contributed by atoms with van der Waals surface area (Å²) in [5.74, 6) is -0.210. The van der Waals surface area contributed by atoms with Gasteiger partial charge in [-0.2, -0.15) is 0 Å². The lowest BCUT2D eigenvalue weighted by Gasteiger charge is -2.27. The third-order valence-corrected chi connectivity index (χ3v) is 2.87. The fourth-order valence-corrected chi connectivity index (χ4v) is 1.89. The first-order valence-electron chi connectivity index (χ1n) is 5.92. The number of halogens is 1. The lowest BCUT2D eigenvalue weighted by molar-refractivity contribution is 0.0128. The number of aryl methyl sites for hydroxylation is 1. The average molecular weight is 239 g/mol. The second-order valence-corrected chi connectivity index (χ2v) is 5.20. The molecule has 0 spiro atoms. The van der Waals surface area contributed by atoms with Crippen molar-refractivity contribution in [2.75, 3.05) is 12.4 Å². The average Bonchev–Trinajstić information content (AvgIpc) is 2.23. The first kappa shape index (κ1) is 14.0. The third-order valence-electron chi connectivity index (χ3n) is 2.87. The first-order chi connectivity index (χ1) is 7.84. The normalized spacial score (nSPS) is 13.5. The Bertz CT molecular complexity index is 376. The molecule has 3 heteroatoms. The number of rotatable bonds is 5. The number of anilines is 1. The van der Waals surface area contributed by atoms with Crippen LogP contribution in [0.5, 0.6) is 0 Å². The molecule has 0 saturated carbocycles. The highest BCUT2D eigenvalue weighted by molar-refractivity contribution is 5.47. The molecule has 0 radical (unpaired) electrons. The van der Waals surface area contributed by atoms with Crippen LogP contribution >= 0.6 is 0 Å². The highest BCUT2D eigenvalue weighted by atomic mass is 19.1. The van der Waals surface area contributed by atoms with E-state index >= 15 is 0 Å². The molecule has 0 aliphatic carbocycles. The van der Waals surface area contributed by atoms with Crippen LogP contribution < -0.4 is 5.32 Å². The summed E-state index contributed by atoms with van der Waals surface area (Å²) in [6.45, 7) is 8.03. The minimum absolute atomic E-state index is 0.154. The van der Waals surface area contributed by atoms with Gasteiger partial charge in [0.05, 0.1) is 11.3 Å². The standard InChI is InChI=1S/C14H22FNO/c1-10-6-7-12(15)13(8-10)16-11(2)9-14(3,4)17-5/h6-8,11,16H,9H2,1-5H3. The van der Waals surface area contributed by atoms with Crippen LogP contribution in [0.25, 0.3) is 0 Å². The lowest BCUT2D eigenvalue weighted by atomic mass is 9.99. The summed E-state index contributed by atoms with van der Waals surface area (Å²) in [7, 11) is 1.69. The van der Waals surface area contributed by atoms with Crippen molar-refractivity contribution in [3.8, 4) is 0 Å². The Morgan fingerprint density at radius 3 is 2.65 bits per heavy atom. The highest BCUT2D eigenvalue weighted by Gasteiger charge is 2.20. The van der Waals surface area contributed by atoms with Gasteiger partial charge in [0, 0.05) is 13.2 Å². The van der Waals surface area contributed by atoms with Gasteiger partial charge in [0.15, 0.2) is 0 Å². The maximum atomic E-state index is 13.6. The van der Waals surface area contributed by atoms with Gasteiger partial charge in [-0.05, 0) is 51.8 Å². The van der Waals surface area contributed by atoms with Crippen LogP contribution in [-0.2, 0) is 4.74 Å². The van der Waals surface area contributed by atoms with Gasteiger partial charge in [-0.1, -0.05) is 6.07 Å². The van der Waals surface area contributed by atoms with Crippen LogP contribution in [0.4, 0.5) is 10.1 Å². The lowest BCUT2D eigenvalue weighted by Crippen LogP contribution is -2.31. The van der Waals surface area contributed by atoms with Crippen LogP contribution in [0.1, 0.15) is 32.8 Å². The zero-order chi connectivity index (χ0) is 13.1. The Labute approximate surface area is 103 Å². The van der Waals surface area contributed by atoms with Crippen molar-refractivity contribution < 1.29 is 9.13 Å². The molecule has 1 atom stereocenters. The van der Waals surface area contributed by atoms with Crippen molar-refractivity contribution in [1.29, 1.82) is 0 Å². The molecule has 0 fully saturated rings. The summed E-state index contributed by atoms with van der Waals surface area (Å²) in [5.41, 5.74) is 1.41. The van der Waals surface area contributed by atoms with Gasteiger partial charge in [0.25, 0.3) is 0 Å². The number of nitrogens with one attached hydrogen (secondary N) is 1. The van der Waals surface area contributed by atoms with E-state index in [-0.39, 0.29) is 17.5 Å². The van der Waals surface area contributed by atoms with Crippen LogP contribution in [0.2, 0.25) is 0 Å². The second kappa shape index (κ2) is 5.50. The molecule has 0 aromatic heterocycles. The Balaban J connectivity index is 2.68. The summed E-state index contributed by atoms with van der Waals surface area (Å²) in [4.78, 5) is 0. The quantitative estimate of drug-likeness (QED) is 0.845. The van der Waals surface area contributed by atoms with Crippen molar-refractivity contribution in [2.45, 2.75) is 45.8 Å². The van der Waals surface area contributed by atoms with E-state index < -0.39 is 0 Å². The van der Waals surface area contributed by atoms with Crippen LogP contribution in [0.15, 0.2) is 18.2 Å². The van der Waals surface area contributed by atoms with Crippen molar-refractivity contribution in [3.05, 3.63) is 29.6 Å². The summed E-state index contributed by atoms with van der Waals surface area (Å²) < 4.78 is 18.9. The van der Waals surface area contributed by atoms with Crippen LogP contribution in [-0.4, -0.2) is 18.8 Å². The SMILES string of the molecule is COC(C)(C)CC(C)Nc1cc(C)ccc1F. The molecule has 1 aromatic carbocycles. The summed E-state index contributed by atoms with van der Waals surface area (Å²) in [5, 5.41) is 3.19. The van der Waals surface area contributed by atoms with Crippen molar-refractivity contribution in [1.82, 2.24) is 0 Å². The van der Waals surface area contributed by atoms with Crippen LogP contribution in [0, 0.1) is 12.7 Å². The van der Waals surface area contributed by atoms with E-state index in [0.29, 0.717) is 5.69 Å². The Kier molecular flexibility index (Phi) is 4.52. The van der Waals surface area contributed by atoms with Gasteiger partial charge < -0.3 is 10.1 Å². The second-order valence-electron chi connectivity index (χ2n) is 5.20. The molecular formula is C14H22FNO. The number of ether oxygens (including phenoxy) is 1. The zero-order valence-corrected chi connectivity index (χ0v) is 11.3. The third kappa shape index (κ3) is 4.35. The van der Waals surface area contributed by atoms with Gasteiger partial charge in [-0.25, -0.2) is 4.39 Å². The zero-order valence-electron chi connectivity index (χ0n) is 11.3. The number of hydrogen-bond acceptors (Lipinski definition) is 2. The molecule has 0 amide bonds. The van der Waals surface area contributed by atoms with Gasteiger partial charge in [-0.3, -0.25) is 0 Å². The fourth-order valence-electron chi connectivity index (χ4n) is 1.89. The molecule has 0 heterocycles. The molecule has 1 unspecified atom stereocenters. The minimum atomic E-state index is -0.210. The highest BCUT2D eigenvalue weighted by Crippen LogP contribution is 2.21. The molecular weight excluding hydrogens is 217 g/mol. The van der Waals surface area contributed by atoms with E-state index in [9.17, 15) is 4.39 Å². The van der Waals surface area contributed by atoms with E-state index in [2.05, 4.69) is 5.32 Å². The minimum Gasteiger partial charge on any atom is -0.380 e. The van der Waals surface area contributed by atoms with E-state index in [1.807, 2.05) is 33.8 Å². The molecule has 2 nitrogen and oxygen atoms in total. The summed E-state index contributed by atoms with van der Waals surface area (Å²) in [6.07, 6.45) is 0.816. The molecule has 0 saturated heterocycles. The topological polar surface area (TPSA) is 21.3 Å². The predicted octanol–water partition coefficient (Wildman–Crippen LogP) is 3.75. The number of hydrogen-bond donors (Lipinski definition) is 1. The van der Waals surface area contributed by atoms with Crippen molar-refractivity contribution >= 4 is 5.69 Å². The molecule has 0 aliphatic rings. The fraction of sp³-hybridized carbons (Fsp3) is 0.571. The maximum Gasteiger partial charge on any atom is 0.146 e. The molecule has 96 valence electrons.